The van der Waals surface area contributed by atoms with Crippen LogP contribution >= 0.6 is 15.9 Å². The Balaban J connectivity index is 2.49. The fourth-order valence-electron chi connectivity index (χ4n) is 1.72. The molecule has 0 aliphatic carbocycles. The number of nitrogens with two attached hydrogens (primary N) is 1. The number of rotatable bonds is 2. The molecule has 5 heteroatoms. The molecule has 0 saturated carbocycles. The topological polar surface area (TPSA) is 51.8 Å². The van der Waals surface area contributed by atoms with Crippen molar-refractivity contribution in [3.8, 4) is 11.4 Å². The Morgan fingerprint density at radius 2 is 2.11 bits per heavy atom. The van der Waals surface area contributed by atoms with Gasteiger partial charge < -0.3 is 5.73 Å². The molecular formula is C13H13BrFN3. The number of nitrogens with zero attached hydrogens (tertiary/aromatic N) is 2. The zero-order valence-electron chi connectivity index (χ0n) is 10.1. The lowest BCUT2D eigenvalue weighted by Gasteiger charge is -2.10. The molecule has 0 bridgehead atoms. The van der Waals surface area contributed by atoms with Crippen LogP contribution in [0.15, 0.2) is 28.9 Å². The summed E-state index contributed by atoms with van der Waals surface area (Å²) in [5.41, 5.74) is 8.33. The van der Waals surface area contributed by atoms with Crippen molar-refractivity contribution in [2.24, 2.45) is 5.73 Å². The quantitative estimate of drug-likeness (QED) is 0.925. The van der Waals surface area contributed by atoms with Gasteiger partial charge in [0.05, 0.1) is 0 Å². The highest BCUT2D eigenvalue weighted by Crippen LogP contribution is 2.27. The summed E-state index contributed by atoms with van der Waals surface area (Å²) in [5, 5.41) is 0. The fraction of sp³-hybridized carbons (Fsp3) is 0.231. The van der Waals surface area contributed by atoms with Gasteiger partial charge in [-0.25, -0.2) is 14.4 Å². The number of hydrogen-bond donors (Lipinski definition) is 1. The number of hydrogen-bond acceptors (Lipinski definition) is 3. The normalized spacial score (nSPS) is 12.5. The summed E-state index contributed by atoms with van der Waals surface area (Å²) >= 11 is 3.31. The largest absolute Gasteiger partial charge is 0.324 e. The highest BCUT2D eigenvalue weighted by Gasteiger charge is 2.11. The molecule has 0 aliphatic heterocycles. The van der Waals surface area contributed by atoms with Crippen LogP contribution in [-0.2, 0) is 0 Å². The molecule has 3 nitrogen and oxygen atoms in total. The second-order valence-corrected chi connectivity index (χ2v) is 5.00. The first kappa shape index (κ1) is 13.1. The summed E-state index contributed by atoms with van der Waals surface area (Å²) in [7, 11) is 0. The molecule has 1 atom stereocenters. The van der Waals surface area contributed by atoms with Gasteiger partial charge in [-0.1, -0.05) is 0 Å². The van der Waals surface area contributed by atoms with Crippen molar-refractivity contribution in [2.75, 3.05) is 0 Å². The predicted molar refractivity (Wildman–Crippen MR) is 72.5 cm³/mol. The van der Waals surface area contributed by atoms with Gasteiger partial charge >= 0.3 is 0 Å². The average Bonchev–Trinajstić information content (AvgIpc) is 2.28. The van der Waals surface area contributed by atoms with Gasteiger partial charge in [-0.05, 0) is 48.0 Å². The molecule has 1 aromatic heterocycles. The lowest BCUT2D eigenvalue weighted by molar-refractivity contribution is 0.627. The van der Waals surface area contributed by atoms with Gasteiger partial charge in [-0.3, -0.25) is 0 Å². The van der Waals surface area contributed by atoms with E-state index in [9.17, 15) is 4.39 Å². The number of benzene rings is 1. The summed E-state index contributed by atoms with van der Waals surface area (Å²) < 4.78 is 13.7. The molecule has 0 spiro atoms. The van der Waals surface area contributed by atoms with Crippen molar-refractivity contribution >= 4 is 15.9 Å². The van der Waals surface area contributed by atoms with Gasteiger partial charge in [-0.2, -0.15) is 0 Å². The van der Waals surface area contributed by atoms with Crippen LogP contribution in [0.25, 0.3) is 11.4 Å². The van der Waals surface area contributed by atoms with Gasteiger partial charge in [0, 0.05) is 33.5 Å². The monoisotopic (exact) mass is 309 g/mol. The van der Waals surface area contributed by atoms with Gasteiger partial charge in [0.1, 0.15) is 5.82 Å². The summed E-state index contributed by atoms with van der Waals surface area (Å²) in [6.45, 7) is 3.78. The minimum absolute atomic E-state index is 0.101. The molecule has 1 heterocycles. The number of aryl methyl sites for hydroxylation is 1. The smallest absolute Gasteiger partial charge is 0.160 e. The summed E-state index contributed by atoms with van der Waals surface area (Å²) in [4.78, 5) is 8.69. The highest BCUT2D eigenvalue weighted by atomic mass is 79.9. The first-order chi connectivity index (χ1) is 8.49. The van der Waals surface area contributed by atoms with Gasteiger partial charge in [-0.15, -0.1) is 0 Å². The van der Waals surface area contributed by atoms with Crippen LogP contribution in [0.5, 0.6) is 0 Å². The Bertz CT molecular complexity index is 584. The van der Waals surface area contributed by atoms with Crippen LogP contribution in [0.4, 0.5) is 4.39 Å². The standard InChI is InChI=1S/C13H13BrFN3/c1-7(16)11-6-17-13(18-8(11)2)10-4-3-9(15)5-12(10)14/h3-7H,16H2,1-2H3/t7-/m0/s1. The first-order valence-corrected chi connectivity index (χ1v) is 6.33. The van der Waals surface area contributed by atoms with Crippen LogP contribution in [0.3, 0.4) is 0 Å². The lowest BCUT2D eigenvalue weighted by atomic mass is 10.1. The molecule has 94 valence electrons. The van der Waals surface area contributed by atoms with Crippen molar-refractivity contribution in [3.63, 3.8) is 0 Å². The van der Waals surface area contributed by atoms with Crippen molar-refractivity contribution in [1.29, 1.82) is 0 Å². The van der Waals surface area contributed by atoms with E-state index in [0.29, 0.717) is 10.3 Å². The van der Waals surface area contributed by atoms with Crippen LogP contribution < -0.4 is 5.73 Å². The minimum atomic E-state index is -0.297. The molecular weight excluding hydrogens is 297 g/mol. The Kier molecular flexibility index (Phi) is 3.73. The Labute approximate surface area is 113 Å². The van der Waals surface area contributed by atoms with Gasteiger partial charge in [0.25, 0.3) is 0 Å². The SMILES string of the molecule is Cc1nc(-c2ccc(F)cc2Br)ncc1[C@H](C)N. The Hall–Kier alpha value is -1.33. The van der Waals surface area contributed by atoms with E-state index in [1.54, 1.807) is 12.3 Å². The van der Waals surface area contributed by atoms with E-state index in [1.807, 2.05) is 13.8 Å². The van der Waals surface area contributed by atoms with Crippen molar-refractivity contribution in [1.82, 2.24) is 9.97 Å². The first-order valence-electron chi connectivity index (χ1n) is 5.53. The molecule has 0 saturated heterocycles. The molecule has 18 heavy (non-hydrogen) atoms. The molecule has 2 aromatic rings. The summed E-state index contributed by atoms with van der Waals surface area (Å²) in [5.74, 6) is 0.262. The third kappa shape index (κ3) is 2.57. The fourth-order valence-corrected chi connectivity index (χ4v) is 2.25. The van der Waals surface area contributed by atoms with Crippen LogP contribution in [0, 0.1) is 12.7 Å². The third-order valence-corrected chi connectivity index (χ3v) is 3.34. The molecule has 2 rings (SSSR count). The molecule has 0 radical (unpaired) electrons. The summed E-state index contributed by atoms with van der Waals surface area (Å²) in [6.07, 6.45) is 1.72. The minimum Gasteiger partial charge on any atom is -0.324 e. The second-order valence-electron chi connectivity index (χ2n) is 4.15. The summed E-state index contributed by atoms with van der Waals surface area (Å²) in [6, 6.07) is 4.33. The Morgan fingerprint density at radius 1 is 1.39 bits per heavy atom. The average molecular weight is 310 g/mol. The maximum atomic E-state index is 13.0. The predicted octanol–water partition coefficient (Wildman–Crippen LogP) is 3.37. The lowest BCUT2D eigenvalue weighted by Crippen LogP contribution is -2.09. The maximum Gasteiger partial charge on any atom is 0.160 e. The zero-order chi connectivity index (χ0) is 13.3. The van der Waals surface area contributed by atoms with Crippen LogP contribution in [0.1, 0.15) is 24.2 Å². The highest BCUT2D eigenvalue weighted by molar-refractivity contribution is 9.10. The zero-order valence-corrected chi connectivity index (χ0v) is 11.7. The van der Waals surface area contributed by atoms with E-state index in [0.717, 1.165) is 16.8 Å². The van der Waals surface area contributed by atoms with Crippen molar-refractivity contribution in [2.45, 2.75) is 19.9 Å². The molecule has 0 fully saturated rings. The van der Waals surface area contributed by atoms with E-state index >= 15 is 0 Å². The van der Waals surface area contributed by atoms with Crippen molar-refractivity contribution < 1.29 is 4.39 Å². The van der Waals surface area contributed by atoms with E-state index in [1.165, 1.54) is 12.1 Å². The van der Waals surface area contributed by atoms with Gasteiger partial charge in [0.2, 0.25) is 0 Å². The van der Waals surface area contributed by atoms with E-state index in [2.05, 4.69) is 25.9 Å². The van der Waals surface area contributed by atoms with Gasteiger partial charge in [0.15, 0.2) is 5.82 Å². The number of halogens is 2. The second kappa shape index (κ2) is 5.12. The Morgan fingerprint density at radius 3 is 2.67 bits per heavy atom. The molecule has 1 aromatic carbocycles. The van der Waals surface area contributed by atoms with E-state index < -0.39 is 0 Å². The molecule has 0 amide bonds. The van der Waals surface area contributed by atoms with Crippen LogP contribution in [-0.4, -0.2) is 9.97 Å². The molecule has 2 N–H and O–H groups in total. The molecule has 0 unspecified atom stereocenters. The van der Waals surface area contributed by atoms with Crippen LogP contribution in [0.2, 0.25) is 0 Å². The van der Waals surface area contributed by atoms with E-state index in [4.69, 9.17) is 5.73 Å². The number of aromatic nitrogens is 2. The molecule has 0 aliphatic rings. The van der Waals surface area contributed by atoms with Crippen molar-refractivity contribution in [3.05, 3.63) is 45.9 Å². The third-order valence-electron chi connectivity index (χ3n) is 2.68. The van der Waals surface area contributed by atoms with E-state index in [-0.39, 0.29) is 11.9 Å². The maximum absolute atomic E-state index is 13.0.